The van der Waals surface area contributed by atoms with Gasteiger partial charge in [-0.3, -0.25) is 10.1 Å². The number of carbonyl (C=O) groups is 1. The highest BCUT2D eigenvalue weighted by atomic mass is 19.1. The van der Waals surface area contributed by atoms with Gasteiger partial charge in [0.15, 0.2) is 0 Å². The van der Waals surface area contributed by atoms with Crippen LogP contribution in [0, 0.1) is 15.9 Å². The van der Waals surface area contributed by atoms with Gasteiger partial charge in [0.1, 0.15) is 18.1 Å². The lowest BCUT2D eigenvalue weighted by atomic mass is 10.2. The van der Waals surface area contributed by atoms with Gasteiger partial charge in [0, 0.05) is 13.1 Å². The van der Waals surface area contributed by atoms with E-state index < -0.39 is 10.9 Å². The number of benzene rings is 1. The lowest BCUT2D eigenvalue weighted by Gasteiger charge is -2.05. The zero-order valence-corrected chi connectivity index (χ0v) is 10.6. The van der Waals surface area contributed by atoms with E-state index in [-0.39, 0.29) is 23.8 Å². The first-order valence-corrected chi connectivity index (χ1v) is 5.69. The topological polar surface area (TPSA) is 74.4 Å². The van der Waals surface area contributed by atoms with Gasteiger partial charge < -0.3 is 9.30 Å². The molecule has 1 aromatic carbocycles. The summed E-state index contributed by atoms with van der Waals surface area (Å²) in [7, 11) is 1.52. The SMILES string of the molecule is Cn1cc([N+](=O)[O-])cc1C(=O)OCc1ccc(F)cc1. The summed E-state index contributed by atoms with van der Waals surface area (Å²) in [5.74, 6) is -1.05. The van der Waals surface area contributed by atoms with E-state index >= 15 is 0 Å². The zero-order valence-electron chi connectivity index (χ0n) is 10.6. The van der Waals surface area contributed by atoms with Gasteiger partial charge >= 0.3 is 5.97 Å². The Balaban J connectivity index is 2.05. The van der Waals surface area contributed by atoms with Crippen LogP contribution in [0.2, 0.25) is 0 Å². The summed E-state index contributed by atoms with van der Waals surface area (Å²) in [6.45, 7) is -0.0297. The molecule has 0 aliphatic heterocycles. The Morgan fingerprint density at radius 1 is 1.40 bits per heavy atom. The number of aryl methyl sites for hydroxylation is 1. The number of nitrogens with zero attached hydrogens (tertiary/aromatic N) is 2. The van der Waals surface area contributed by atoms with E-state index in [4.69, 9.17) is 4.74 Å². The third-order valence-corrected chi connectivity index (χ3v) is 2.69. The smallest absolute Gasteiger partial charge is 0.355 e. The average Bonchev–Trinajstić information content (AvgIpc) is 2.80. The largest absolute Gasteiger partial charge is 0.456 e. The summed E-state index contributed by atoms with van der Waals surface area (Å²) in [4.78, 5) is 21.8. The minimum atomic E-state index is -0.676. The van der Waals surface area contributed by atoms with Crippen LogP contribution in [0.4, 0.5) is 10.1 Å². The quantitative estimate of drug-likeness (QED) is 0.489. The van der Waals surface area contributed by atoms with Crippen molar-refractivity contribution >= 4 is 11.7 Å². The fourth-order valence-corrected chi connectivity index (χ4v) is 1.65. The van der Waals surface area contributed by atoms with E-state index in [1.807, 2.05) is 0 Å². The standard InChI is InChI=1S/C13H11FN2O4/c1-15-7-11(16(18)19)6-12(15)13(17)20-8-9-2-4-10(14)5-3-9/h2-7H,8H2,1H3. The molecule has 6 nitrogen and oxygen atoms in total. The third kappa shape index (κ3) is 3.00. The second-order valence-electron chi connectivity index (χ2n) is 4.15. The minimum absolute atomic E-state index is 0.0297. The highest BCUT2D eigenvalue weighted by Gasteiger charge is 2.18. The highest BCUT2D eigenvalue weighted by molar-refractivity contribution is 5.88. The summed E-state index contributed by atoms with van der Waals surface area (Å²) in [5, 5.41) is 10.6. The number of ether oxygens (including phenoxy) is 1. The van der Waals surface area contributed by atoms with E-state index in [1.165, 1.54) is 42.1 Å². The fourth-order valence-electron chi connectivity index (χ4n) is 1.65. The number of aromatic nitrogens is 1. The normalized spacial score (nSPS) is 10.3. The molecule has 2 aromatic rings. The molecule has 1 aromatic heterocycles. The van der Waals surface area contributed by atoms with E-state index in [0.29, 0.717) is 5.56 Å². The van der Waals surface area contributed by atoms with Crippen molar-refractivity contribution in [3.05, 3.63) is 63.7 Å². The molecule has 20 heavy (non-hydrogen) atoms. The van der Waals surface area contributed by atoms with Crippen LogP contribution in [-0.4, -0.2) is 15.5 Å². The van der Waals surface area contributed by atoms with Gasteiger partial charge in [0.05, 0.1) is 11.1 Å². The first-order valence-electron chi connectivity index (χ1n) is 5.69. The molecular weight excluding hydrogens is 267 g/mol. The predicted octanol–water partition coefficient (Wildman–Crippen LogP) is 2.43. The van der Waals surface area contributed by atoms with Gasteiger partial charge in [0.2, 0.25) is 0 Å². The third-order valence-electron chi connectivity index (χ3n) is 2.69. The second-order valence-corrected chi connectivity index (χ2v) is 4.15. The number of esters is 1. The maximum Gasteiger partial charge on any atom is 0.355 e. The fraction of sp³-hybridized carbons (Fsp3) is 0.154. The van der Waals surface area contributed by atoms with Crippen molar-refractivity contribution in [1.82, 2.24) is 4.57 Å². The van der Waals surface area contributed by atoms with E-state index in [0.717, 1.165) is 6.07 Å². The Hall–Kier alpha value is -2.70. The predicted molar refractivity (Wildman–Crippen MR) is 67.6 cm³/mol. The van der Waals surface area contributed by atoms with Gasteiger partial charge in [-0.15, -0.1) is 0 Å². The zero-order chi connectivity index (χ0) is 14.7. The molecule has 0 spiro atoms. The van der Waals surface area contributed by atoms with Gasteiger partial charge in [-0.1, -0.05) is 12.1 Å². The molecule has 7 heteroatoms. The number of rotatable bonds is 4. The second kappa shape index (κ2) is 5.52. The van der Waals surface area contributed by atoms with Crippen LogP contribution < -0.4 is 0 Å². The van der Waals surface area contributed by atoms with E-state index in [1.54, 1.807) is 0 Å². The first kappa shape index (κ1) is 13.7. The molecule has 0 saturated heterocycles. The Morgan fingerprint density at radius 3 is 2.60 bits per heavy atom. The molecule has 0 saturated carbocycles. The molecule has 0 atom stereocenters. The van der Waals surface area contributed by atoms with Gasteiger partial charge in [-0.05, 0) is 17.7 Å². The molecule has 0 amide bonds. The summed E-state index contributed by atoms with van der Waals surface area (Å²) in [6.07, 6.45) is 1.23. The Labute approximate surface area is 113 Å². The van der Waals surface area contributed by atoms with Crippen molar-refractivity contribution in [3.8, 4) is 0 Å². The Kier molecular flexibility index (Phi) is 3.79. The van der Waals surface area contributed by atoms with Crippen molar-refractivity contribution in [1.29, 1.82) is 0 Å². The van der Waals surface area contributed by atoms with Crippen LogP contribution in [0.25, 0.3) is 0 Å². The number of halogens is 1. The van der Waals surface area contributed by atoms with Crippen LogP contribution in [0.5, 0.6) is 0 Å². The number of carbonyl (C=O) groups excluding carboxylic acids is 1. The lowest BCUT2D eigenvalue weighted by Crippen LogP contribution is -2.09. The van der Waals surface area contributed by atoms with Crippen LogP contribution in [0.3, 0.4) is 0 Å². The van der Waals surface area contributed by atoms with Crippen molar-refractivity contribution in [2.24, 2.45) is 7.05 Å². The summed E-state index contributed by atoms with van der Waals surface area (Å²) < 4.78 is 19.1. The van der Waals surface area contributed by atoms with Crippen molar-refractivity contribution in [2.75, 3.05) is 0 Å². The molecule has 0 bridgehead atoms. The minimum Gasteiger partial charge on any atom is -0.456 e. The van der Waals surface area contributed by atoms with E-state index in [9.17, 15) is 19.3 Å². The molecule has 0 unspecified atom stereocenters. The molecular formula is C13H11FN2O4. The monoisotopic (exact) mass is 278 g/mol. The van der Waals surface area contributed by atoms with Crippen LogP contribution >= 0.6 is 0 Å². The molecule has 2 rings (SSSR count). The first-order chi connectivity index (χ1) is 9.47. The van der Waals surface area contributed by atoms with Crippen LogP contribution in [0.1, 0.15) is 16.1 Å². The molecule has 0 aliphatic carbocycles. The van der Waals surface area contributed by atoms with Gasteiger partial charge in [-0.2, -0.15) is 0 Å². The Bertz CT molecular complexity index is 649. The van der Waals surface area contributed by atoms with Crippen molar-refractivity contribution in [2.45, 2.75) is 6.61 Å². The van der Waals surface area contributed by atoms with Crippen LogP contribution in [-0.2, 0) is 18.4 Å². The average molecular weight is 278 g/mol. The number of hydrogen-bond donors (Lipinski definition) is 0. The van der Waals surface area contributed by atoms with Crippen LogP contribution in [0.15, 0.2) is 36.5 Å². The van der Waals surface area contributed by atoms with Gasteiger partial charge in [-0.25, -0.2) is 9.18 Å². The maximum absolute atomic E-state index is 12.7. The van der Waals surface area contributed by atoms with Gasteiger partial charge in [0.25, 0.3) is 5.69 Å². The van der Waals surface area contributed by atoms with E-state index in [2.05, 4.69) is 0 Å². The molecule has 0 fully saturated rings. The molecule has 0 aliphatic rings. The summed E-state index contributed by atoms with van der Waals surface area (Å²) in [6, 6.07) is 6.66. The van der Waals surface area contributed by atoms with Crippen molar-refractivity contribution in [3.63, 3.8) is 0 Å². The Morgan fingerprint density at radius 2 is 2.05 bits per heavy atom. The molecule has 1 heterocycles. The summed E-state index contributed by atoms with van der Waals surface area (Å²) in [5.41, 5.74) is 0.531. The summed E-state index contributed by atoms with van der Waals surface area (Å²) >= 11 is 0. The lowest BCUT2D eigenvalue weighted by molar-refractivity contribution is -0.384. The molecule has 0 radical (unpaired) electrons. The number of nitro groups is 1. The number of hydrogen-bond acceptors (Lipinski definition) is 4. The van der Waals surface area contributed by atoms with Crippen molar-refractivity contribution < 1.29 is 18.8 Å². The highest BCUT2D eigenvalue weighted by Crippen LogP contribution is 2.16. The maximum atomic E-state index is 12.7. The molecule has 104 valence electrons. The molecule has 0 N–H and O–H groups in total.